The molecule has 158 valence electrons. The smallest absolute Gasteiger partial charge is 0.407 e. The summed E-state index contributed by atoms with van der Waals surface area (Å²) in [4.78, 5) is 24.2. The van der Waals surface area contributed by atoms with Gasteiger partial charge in [0.15, 0.2) is 0 Å². The van der Waals surface area contributed by atoms with Crippen LogP contribution in [0.3, 0.4) is 0 Å². The lowest BCUT2D eigenvalue weighted by Crippen LogP contribution is -2.42. The number of hydrogen-bond acceptors (Lipinski definition) is 3. The molecule has 0 spiro atoms. The summed E-state index contributed by atoms with van der Waals surface area (Å²) in [5.41, 5.74) is 5.25. The quantitative estimate of drug-likeness (QED) is 0.414. The topological polar surface area (TPSA) is 75.6 Å². The van der Waals surface area contributed by atoms with Crippen molar-refractivity contribution in [1.29, 1.82) is 0 Å². The van der Waals surface area contributed by atoms with Crippen LogP contribution in [0.4, 0.5) is 4.79 Å². The number of carbonyl (C=O) groups excluding carboxylic acids is 1. The summed E-state index contributed by atoms with van der Waals surface area (Å²) in [6, 6.07) is 20.5. The second kappa shape index (κ2) is 9.24. The Labute approximate surface area is 196 Å². The van der Waals surface area contributed by atoms with E-state index in [0.717, 1.165) is 36.8 Å². The zero-order valence-corrected chi connectivity index (χ0v) is 19.5. The minimum Gasteiger partial charge on any atom is -0.480 e. The number of nitrogens with one attached hydrogen (secondary N) is 1. The molecule has 1 aliphatic rings. The van der Waals surface area contributed by atoms with Gasteiger partial charge in [-0.15, -0.1) is 0 Å². The number of alkyl carbamates (subject to hydrolysis) is 1. The summed E-state index contributed by atoms with van der Waals surface area (Å²) >= 11 is 6.78. The molecule has 0 saturated carbocycles. The molecule has 1 atom stereocenters. The molecule has 0 radical (unpaired) electrons. The Morgan fingerprint density at radius 3 is 2.03 bits per heavy atom. The van der Waals surface area contributed by atoms with E-state index in [9.17, 15) is 14.7 Å². The summed E-state index contributed by atoms with van der Waals surface area (Å²) in [7, 11) is 0. The minimum absolute atomic E-state index is 0.0811. The molecule has 0 saturated heterocycles. The van der Waals surface area contributed by atoms with Crippen LogP contribution in [0.25, 0.3) is 11.1 Å². The van der Waals surface area contributed by atoms with Crippen molar-refractivity contribution in [2.45, 2.75) is 18.4 Å². The maximum Gasteiger partial charge on any atom is 0.407 e. The van der Waals surface area contributed by atoms with Crippen molar-refractivity contribution in [3.63, 3.8) is 0 Å². The van der Waals surface area contributed by atoms with Crippen LogP contribution >= 0.6 is 31.9 Å². The zero-order chi connectivity index (χ0) is 22.0. The third-order valence-corrected chi connectivity index (χ3v) is 6.21. The highest BCUT2D eigenvalue weighted by Crippen LogP contribution is 2.44. The van der Waals surface area contributed by atoms with Crippen molar-refractivity contribution in [2.75, 3.05) is 6.61 Å². The number of halogens is 2. The zero-order valence-electron chi connectivity index (χ0n) is 16.3. The molecule has 31 heavy (non-hydrogen) atoms. The van der Waals surface area contributed by atoms with E-state index >= 15 is 0 Å². The van der Waals surface area contributed by atoms with Crippen molar-refractivity contribution >= 4 is 43.9 Å². The second-order valence-corrected chi connectivity index (χ2v) is 9.17. The van der Waals surface area contributed by atoms with E-state index in [0.29, 0.717) is 0 Å². The molecule has 3 aromatic carbocycles. The lowest BCUT2D eigenvalue weighted by molar-refractivity contribution is -0.139. The molecule has 0 unspecified atom stereocenters. The third-order valence-electron chi connectivity index (χ3n) is 5.30. The molecule has 0 bridgehead atoms. The number of rotatable bonds is 6. The Morgan fingerprint density at radius 2 is 1.48 bits per heavy atom. The molecule has 7 heteroatoms. The van der Waals surface area contributed by atoms with E-state index in [1.165, 1.54) is 0 Å². The Bertz CT molecular complexity index is 1080. The Balaban J connectivity index is 1.44. The molecule has 4 rings (SSSR count). The predicted octanol–water partition coefficient (Wildman–Crippen LogP) is 5.75. The molecule has 0 fully saturated rings. The first-order chi connectivity index (χ1) is 14.9. The number of carbonyl (C=O) groups is 2. The van der Waals surface area contributed by atoms with Crippen LogP contribution in [0.2, 0.25) is 0 Å². The fourth-order valence-electron chi connectivity index (χ4n) is 3.95. The molecule has 0 heterocycles. The van der Waals surface area contributed by atoms with Gasteiger partial charge in [-0.2, -0.15) is 0 Å². The van der Waals surface area contributed by atoms with Crippen LogP contribution in [-0.2, 0) is 16.0 Å². The number of carboxylic acids is 1. The van der Waals surface area contributed by atoms with Gasteiger partial charge in [-0.3, -0.25) is 0 Å². The van der Waals surface area contributed by atoms with Gasteiger partial charge in [0.1, 0.15) is 12.6 Å². The van der Waals surface area contributed by atoms with Gasteiger partial charge in [-0.1, -0.05) is 80.4 Å². The highest BCUT2D eigenvalue weighted by atomic mass is 79.9. The fraction of sp³-hybridized carbons (Fsp3) is 0.167. The summed E-state index contributed by atoms with van der Waals surface area (Å²) < 4.78 is 7.12. The average Bonchev–Trinajstić information content (AvgIpc) is 3.05. The summed E-state index contributed by atoms with van der Waals surface area (Å²) in [6.07, 6.45) is -0.610. The summed E-state index contributed by atoms with van der Waals surface area (Å²) in [6.45, 7) is 0.134. The molecule has 0 aliphatic heterocycles. The SMILES string of the molecule is O=C(N[C@@H](Cc1cc(Br)cc(Br)c1)C(=O)O)OCC1c2ccccc2-c2ccccc21. The number of hydrogen-bond donors (Lipinski definition) is 2. The maximum atomic E-state index is 12.4. The minimum atomic E-state index is -1.12. The van der Waals surface area contributed by atoms with Crippen LogP contribution in [-0.4, -0.2) is 29.8 Å². The molecule has 1 amide bonds. The number of carboxylic acid groups (broad SMARTS) is 1. The van der Waals surface area contributed by atoms with E-state index in [2.05, 4.69) is 49.3 Å². The number of benzene rings is 3. The fourth-order valence-corrected chi connectivity index (χ4v) is 5.34. The number of aliphatic carboxylic acids is 1. The van der Waals surface area contributed by atoms with E-state index in [4.69, 9.17) is 4.74 Å². The molecular weight excluding hydrogens is 526 g/mol. The van der Waals surface area contributed by atoms with Crippen LogP contribution in [0.15, 0.2) is 75.7 Å². The van der Waals surface area contributed by atoms with Crippen LogP contribution < -0.4 is 5.32 Å². The van der Waals surface area contributed by atoms with Gasteiger partial charge >= 0.3 is 12.1 Å². The third kappa shape index (κ3) is 4.83. The first-order valence-electron chi connectivity index (χ1n) is 9.71. The maximum absolute atomic E-state index is 12.4. The number of amides is 1. The largest absolute Gasteiger partial charge is 0.480 e. The molecule has 3 aromatic rings. The van der Waals surface area contributed by atoms with Crippen LogP contribution in [0, 0.1) is 0 Å². The van der Waals surface area contributed by atoms with Crippen molar-refractivity contribution in [3.8, 4) is 11.1 Å². The van der Waals surface area contributed by atoms with Crippen molar-refractivity contribution in [2.24, 2.45) is 0 Å². The monoisotopic (exact) mass is 543 g/mol. The lowest BCUT2D eigenvalue weighted by Gasteiger charge is -2.18. The number of ether oxygens (including phenoxy) is 1. The van der Waals surface area contributed by atoms with E-state index < -0.39 is 18.1 Å². The van der Waals surface area contributed by atoms with E-state index in [-0.39, 0.29) is 18.9 Å². The first kappa shape index (κ1) is 21.6. The average molecular weight is 545 g/mol. The summed E-state index contributed by atoms with van der Waals surface area (Å²) in [5, 5.41) is 12.1. The van der Waals surface area contributed by atoms with Crippen molar-refractivity contribution in [1.82, 2.24) is 5.32 Å². The standard InChI is InChI=1S/C24H19Br2NO4/c25-15-9-14(10-16(26)12-15)11-22(23(28)29)27-24(30)31-13-21-19-7-3-1-5-17(19)18-6-2-4-8-20(18)21/h1-10,12,21-22H,11,13H2,(H,27,30)(H,28,29)/t22-/m0/s1. The van der Waals surface area contributed by atoms with Gasteiger partial charge in [0.2, 0.25) is 0 Å². The molecule has 5 nitrogen and oxygen atoms in total. The summed E-state index contributed by atoms with van der Waals surface area (Å²) in [5.74, 6) is -1.20. The first-order valence-corrected chi connectivity index (χ1v) is 11.3. The van der Waals surface area contributed by atoms with Gasteiger partial charge in [0.25, 0.3) is 0 Å². The van der Waals surface area contributed by atoms with Crippen LogP contribution in [0.5, 0.6) is 0 Å². The highest BCUT2D eigenvalue weighted by Gasteiger charge is 2.29. The lowest BCUT2D eigenvalue weighted by atomic mass is 9.98. The van der Waals surface area contributed by atoms with E-state index in [1.807, 2.05) is 54.6 Å². The molecular formula is C24H19Br2NO4. The number of fused-ring (bicyclic) bond motifs is 3. The Kier molecular flexibility index (Phi) is 6.43. The van der Waals surface area contributed by atoms with Crippen molar-refractivity contribution < 1.29 is 19.4 Å². The Hall–Kier alpha value is -2.64. The van der Waals surface area contributed by atoms with Gasteiger partial charge in [-0.05, 0) is 46.0 Å². The molecule has 0 aromatic heterocycles. The molecule has 1 aliphatic carbocycles. The van der Waals surface area contributed by atoms with Gasteiger partial charge < -0.3 is 15.2 Å². The van der Waals surface area contributed by atoms with Crippen molar-refractivity contribution in [3.05, 3.63) is 92.4 Å². The van der Waals surface area contributed by atoms with E-state index in [1.54, 1.807) is 0 Å². The van der Waals surface area contributed by atoms with Gasteiger partial charge in [-0.25, -0.2) is 9.59 Å². The predicted molar refractivity (Wildman–Crippen MR) is 125 cm³/mol. The normalized spacial score (nSPS) is 13.2. The highest BCUT2D eigenvalue weighted by molar-refractivity contribution is 9.11. The van der Waals surface area contributed by atoms with Gasteiger partial charge in [0.05, 0.1) is 0 Å². The van der Waals surface area contributed by atoms with Gasteiger partial charge in [0, 0.05) is 21.3 Å². The second-order valence-electron chi connectivity index (χ2n) is 7.34. The Morgan fingerprint density at radius 1 is 0.935 bits per heavy atom. The molecule has 2 N–H and O–H groups in total. The van der Waals surface area contributed by atoms with Crippen LogP contribution in [0.1, 0.15) is 22.6 Å².